The summed E-state index contributed by atoms with van der Waals surface area (Å²) >= 11 is 0. The van der Waals surface area contributed by atoms with E-state index in [1.165, 1.54) is 0 Å². The number of rotatable bonds is 3. The minimum Gasteiger partial charge on any atom is -0.385 e. The van der Waals surface area contributed by atoms with Gasteiger partial charge in [0.25, 0.3) is 0 Å². The van der Waals surface area contributed by atoms with Gasteiger partial charge in [-0.15, -0.1) is 0 Å². The number of aromatic amines is 1. The van der Waals surface area contributed by atoms with E-state index >= 15 is 0 Å². The van der Waals surface area contributed by atoms with Crippen LogP contribution in [0, 0.1) is 0 Å². The number of H-pyrrole nitrogens is 1. The zero-order valence-corrected chi connectivity index (χ0v) is 9.37. The van der Waals surface area contributed by atoms with E-state index in [1.807, 2.05) is 32.8 Å². The molecule has 0 fully saturated rings. The molecule has 1 heterocycles. The number of aliphatic hydroxyl groups excluding tert-OH is 1. The lowest BCUT2D eigenvalue weighted by Crippen LogP contribution is -2.36. The van der Waals surface area contributed by atoms with Crippen molar-refractivity contribution >= 4 is 0 Å². The Balaban J connectivity index is 2.97. The molecular formula is C9H18N4O. The second-order valence-electron chi connectivity index (χ2n) is 4.17. The Bertz CT molecular complexity index is 304. The Morgan fingerprint density at radius 1 is 1.43 bits per heavy atom. The molecule has 2 N–H and O–H groups in total. The Labute approximate surface area is 84.2 Å². The van der Waals surface area contributed by atoms with Gasteiger partial charge in [-0.05, 0) is 34.9 Å². The van der Waals surface area contributed by atoms with Gasteiger partial charge < -0.3 is 5.11 Å². The van der Waals surface area contributed by atoms with E-state index in [-0.39, 0.29) is 5.54 Å². The van der Waals surface area contributed by atoms with E-state index in [0.29, 0.717) is 11.6 Å². The Morgan fingerprint density at radius 2 is 2.00 bits per heavy atom. The van der Waals surface area contributed by atoms with Gasteiger partial charge in [-0.25, -0.2) is 4.98 Å². The average molecular weight is 198 g/mol. The monoisotopic (exact) mass is 198 g/mol. The van der Waals surface area contributed by atoms with Gasteiger partial charge >= 0.3 is 0 Å². The molecule has 0 radical (unpaired) electrons. The molecule has 0 aliphatic rings. The number of nitrogens with zero attached hydrogens (tertiary/aromatic N) is 3. The predicted molar refractivity (Wildman–Crippen MR) is 53.7 cm³/mol. The van der Waals surface area contributed by atoms with Crippen molar-refractivity contribution in [1.29, 1.82) is 0 Å². The van der Waals surface area contributed by atoms with Gasteiger partial charge in [-0.2, -0.15) is 5.10 Å². The van der Waals surface area contributed by atoms with Crippen LogP contribution in [-0.2, 0) is 5.54 Å². The molecule has 14 heavy (non-hydrogen) atoms. The van der Waals surface area contributed by atoms with Crippen molar-refractivity contribution in [3.63, 3.8) is 0 Å². The van der Waals surface area contributed by atoms with Crippen LogP contribution in [0.4, 0.5) is 0 Å². The number of nitrogens with one attached hydrogen (secondary N) is 1. The number of aromatic nitrogens is 3. The first-order valence-corrected chi connectivity index (χ1v) is 4.64. The van der Waals surface area contributed by atoms with Crippen LogP contribution in [0.1, 0.15) is 38.5 Å². The lowest BCUT2D eigenvalue weighted by molar-refractivity contribution is 0.180. The second kappa shape index (κ2) is 3.67. The Kier molecular flexibility index (Phi) is 2.92. The normalized spacial score (nSPS) is 14.8. The summed E-state index contributed by atoms with van der Waals surface area (Å²) in [6.07, 6.45) is -0.603. The molecule has 0 aliphatic carbocycles. The van der Waals surface area contributed by atoms with Crippen LogP contribution in [0.25, 0.3) is 0 Å². The van der Waals surface area contributed by atoms with E-state index in [0.717, 1.165) is 0 Å². The molecular weight excluding hydrogens is 180 g/mol. The third-order valence-corrected chi connectivity index (χ3v) is 2.56. The average Bonchev–Trinajstić information content (AvgIpc) is 2.51. The van der Waals surface area contributed by atoms with Crippen molar-refractivity contribution in [2.45, 2.75) is 32.4 Å². The smallest absolute Gasteiger partial charge is 0.170 e. The highest BCUT2D eigenvalue weighted by Crippen LogP contribution is 2.22. The van der Waals surface area contributed by atoms with Crippen molar-refractivity contribution in [2.24, 2.45) is 0 Å². The largest absolute Gasteiger partial charge is 0.385 e. The first kappa shape index (κ1) is 11.1. The van der Waals surface area contributed by atoms with Gasteiger partial charge in [0.15, 0.2) is 11.6 Å². The Hall–Kier alpha value is -0.940. The molecule has 1 atom stereocenters. The van der Waals surface area contributed by atoms with Crippen LogP contribution >= 0.6 is 0 Å². The van der Waals surface area contributed by atoms with Crippen molar-refractivity contribution in [1.82, 2.24) is 20.1 Å². The molecule has 0 bridgehead atoms. The van der Waals surface area contributed by atoms with Gasteiger partial charge in [0, 0.05) is 0 Å². The van der Waals surface area contributed by atoms with Gasteiger partial charge in [0.1, 0.15) is 6.10 Å². The molecule has 0 amide bonds. The third-order valence-electron chi connectivity index (χ3n) is 2.56. The summed E-state index contributed by atoms with van der Waals surface area (Å²) < 4.78 is 0. The van der Waals surface area contributed by atoms with E-state index < -0.39 is 6.10 Å². The van der Waals surface area contributed by atoms with Crippen LogP contribution < -0.4 is 0 Å². The van der Waals surface area contributed by atoms with Crippen LogP contribution in [0.3, 0.4) is 0 Å². The minimum atomic E-state index is -0.603. The minimum absolute atomic E-state index is 0.232. The van der Waals surface area contributed by atoms with Gasteiger partial charge in [0.05, 0.1) is 5.54 Å². The molecule has 0 aromatic carbocycles. The van der Waals surface area contributed by atoms with Crippen LogP contribution in [0.2, 0.25) is 0 Å². The van der Waals surface area contributed by atoms with E-state index in [4.69, 9.17) is 0 Å². The zero-order valence-electron chi connectivity index (χ0n) is 9.37. The molecule has 1 unspecified atom stereocenters. The number of hydrogen-bond acceptors (Lipinski definition) is 4. The maximum Gasteiger partial charge on any atom is 0.170 e. The summed E-state index contributed by atoms with van der Waals surface area (Å²) in [6.45, 7) is 5.72. The number of aliphatic hydroxyl groups is 1. The summed E-state index contributed by atoms with van der Waals surface area (Å²) in [6, 6.07) is 0. The summed E-state index contributed by atoms with van der Waals surface area (Å²) in [4.78, 5) is 6.27. The molecule has 1 aromatic heterocycles. The fourth-order valence-electron chi connectivity index (χ4n) is 0.935. The lowest BCUT2D eigenvalue weighted by Gasteiger charge is -2.29. The highest BCUT2D eigenvalue weighted by atomic mass is 16.3. The molecule has 5 heteroatoms. The lowest BCUT2D eigenvalue weighted by atomic mass is 10.0. The summed E-state index contributed by atoms with van der Waals surface area (Å²) in [5.74, 6) is 1.20. The van der Waals surface area contributed by atoms with E-state index in [2.05, 4.69) is 15.2 Å². The fourth-order valence-corrected chi connectivity index (χ4v) is 0.935. The molecule has 1 rings (SSSR count). The van der Waals surface area contributed by atoms with Gasteiger partial charge in [0.2, 0.25) is 0 Å². The first-order chi connectivity index (χ1) is 6.35. The molecule has 0 spiro atoms. The predicted octanol–water partition coefficient (Wildman–Crippen LogP) is 0.655. The van der Waals surface area contributed by atoms with Crippen molar-refractivity contribution in [3.8, 4) is 0 Å². The summed E-state index contributed by atoms with van der Waals surface area (Å²) in [5.41, 5.74) is -0.232. The fraction of sp³-hybridized carbons (Fsp3) is 0.778. The van der Waals surface area contributed by atoms with Crippen LogP contribution in [0.15, 0.2) is 0 Å². The van der Waals surface area contributed by atoms with Crippen molar-refractivity contribution in [2.75, 3.05) is 14.1 Å². The van der Waals surface area contributed by atoms with E-state index in [9.17, 15) is 5.11 Å². The zero-order chi connectivity index (χ0) is 10.9. The second-order valence-corrected chi connectivity index (χ2v) is 4.17. The number of hydrogen-bond donors (Lipinski definition) is 2. The van der Waals surface area contributed by atoms with Gasteiger partial charge in [-0.3, -0.25) is 10.00 Å². The first-order valence-electron chi connectivity index (χ1n) is 4.64. The van der Waals surface area contributed by atoms with Crippen LogP contribution in [0.5, 0.6) is 0 Å². The highest BCUT2D eigenvalue weighted by Gasteiger charge is 2.28. The Morgan fingerprint density at radius 3 is 2.36 bits per heavy atom. The maximum atomic E-state index is 9.29. The quantitative estimate of drug-likeness (QED) is 0.748. The molecule has 1 aromatic rings. The molecule has 0 saturated heterocycles. The molecule has 0 saturated carbocycles. The molecule has 80 valence electrons. The van der Waals surface area contributed by atoms with Crippen molar-refractivity contribution in [3.05, 3.63) is 11.6 Å². The molecule has 0 aliphatic heterocycles. The topological polar surface area (TPSA) is 65.0 Å². The van der Waals surface area contributed by atoms with Crippen LogP contribution in [-0.4, -0.2) is 39.3 Å². The summed E-state index contributed by atoms with van der Waals surface area (Å²) in [7, 11) is 3.94. The van der Waals surface area contributed by atoms with Gasteiger partial charge in [-0.1, -0.05) is 0 Å². The third kappa shape index (κ3) is 1.93. The molecule has 5 nitrogen and oxygen atoms in total. The van der Waals surface area contributed by atoms with Crippen molar-refractivity contribution < 1.29 is 5.11 Å². The standard InChI is InChI=1S/C9H18N4O/c1-6(14)7-10-8(12-11-7)9(2,3)13(4)5/h6,14H,1-5H3,(H,10,11,12). The summed E-state index contributed by atoms with van der Waals surface area (Å²) in [5, 5.41) is 16.1. The SMILES string of the molecule is CC(O)c1nc(C(C)(C)N(C)C)n[nH]1. The maximum absolute atomic E-state index is 9.29. The van der Waals surface area contributed by atoms with E-state index in [1.54, 1.807) is 6.92 Å². The highest BCUT2D eigenvalue weighted by molar-refractivity contribution is 5.03.